The smallest absolute Gasteiger partial charge is 0.228 e. The lowest BCUT2D eigenvalue weighted by Gasteiger charge is -2.37. The van der Waals surface area contributed by atoms with E-state index in [0.29, 0.717) is 12.5 Å². The van der Waals surface area contributed by atoms with Crippen LogP contribution in [0.15, 0.2) is 0 Å². The van der Waals surface area contributed by atoms with Crippen molar-refractivity contribution in [3.63, 3.8) is 0 Å². The molecule has 108 valence electrons. The van der Waals surface area contributed by atoms with Gasteiger partial charge in [0.05, 0.1) is 0 Å². The number of hydrogen-bond donors (Lipinski definition) is 1. The number of rotatable bonds is 5. The fourth-order valence-corrected chi connectivity index (χ4v) is 6.12. The minimum atomic E-state index is -3.77. The van der Waals surface area contributed by atoms with Crippen molar-refractivity contribution < 1.29 is 16.8 Å². The van der Waals surface area contributed by atoms with Gasteiger partial charge in [0.15, 0.2) is 14.9 Å². The van der Waals surface area contributed by atoms with Gasteiger partial charge >= 0.3 is 0 Å². The number of piperidine rings is 1. The van der Waals surface area contributed by atoms with Crippen molar-refractivity contribution in [3.05, 3.63) is 0 Å². The van der Waals surface area contributed by atoms with Crippen LogP contribution in [0.3, 0.4) is 0 Å². The zero-order valence-corrected chi connectivity index (χ0v) is 12.5. The van der Waals surface area contributed by atoms with E-state index < -0.39 is 24.9 Å². The Morgan fingerprint density at radius 2 is 1.89 bits per heavy atom. The lowest BCUT2D eigenvalue weighted by molar-refractivity contribution is 0.198. The summed E-state index contributed by atoms with van der Waals surface area (Å²) in [6.07, 6.45) is 3.42. The van der Waals surface area contributed by atoms with Crippen LogP contribution in [0.1, 0.15) is 26.2 Å². The SMILES string of the molecule is CCC1CCN(S(=O)(=O)CS(C)(=O)=O)C(CN)C1. The number of sulfone groups is 1. The van der Waals surface area contributed by atoms with E-state index in [-0.39, 0.29) is 12.6 Å². The van der Waals surface area contributed by atoms with Crippen LogP contribution < -0.4 is 5.73 Å². The van der Waals surface area contributed by atoms with Gasteiger partial charge in [-0.3, -0.25) is 0 Å². The van der Waals surface area contributed by atoms with Gasteiger partial charge in [0, 0.05) is 25.4 Å². The average molecular weight is 298 g/mol. The Morgan fingerprint density at radius 3 is 2.33 bits per heavy atom. The highest BCUT2D eigenvalue weighted by Crippen LogP contribution is 2.27. The molecule has 0 bridgehead atoms. The minimum absolute atomic E-state index is 0.236. The van der Waals surface area contributed by atoms with Crippen LogP contribution in [0.25, 0.3) is 0 Å². The Balaban J connectivity index is 2.88. The molecule has 0 radical (unpaired) electrons. The van der Waals surface area contributed by atoms with Crippen LogP contribution in [-0.2, 0) is 19.9 Å². The average Bonchev–Trinajstić information content (AvgIpc) is 2.24. The van der Waals surface area contributed by atoms with E-state index in [0.717, 1.165) is 25.5 Å². The van der Waals surface area contributed by atoms with Crippen molar-refractivity contribution in [2.45, 2.75) is 32.2 Å². The molecular weight excluding hydrogens is 276 g/mol. The van der Waals surface area contributed by atoms with Gasteiger partial charge in [-0.25, -0.2) is 16.8 Å². The number of nitrogens with two attached hydrogens (primary N) is 1. The molecule has 0 aromatic heterocycles. The Morgan fingerprint density at radius 1 is 1.28 bits per heavy atom. The normalized spacial score (nSPS) is 27.3. The van der Waals surface area contributed by atoms with Gasteiger partial charge in [-0.05, 0) is 18.8 Å². The van der Waals surface area contributed by atoms with Crippen molar-refractivity contribution >= 4 is 19.9 Å². The van der Waals surface area contributed by atoms with Gasteiger partial charge in [0.25, 0.3) is 0 Å². The molecule has 0 amide bonds. The molecule has 0 aliphatic carbocycles. The van der Waals surface area contributed by atoms with Crippen LogP contribution in [0.5, 0.6) is 0 Å². The molecule has 1 aliphatic heterocycles. The van der Waals surface area contributed by atoms with Crippen LogP contribution >= 0.6 is 0 Å². The molecule has 2 unspecified atom stereocenters. The van der Waals surface area contributed by atoms with E-state index >= 15 is 0 Å². The maximum absolute atomic E-state index is 12.1. The molecule has 1 heterocycles. The highest BCUT2D eigenvalue weighted by Gasteiger charge is 2.36. The monoisotopic (exact) mass is 298 g/mol. The van der Waals surface area contributed by atoms with E-state index in [4.69, 9.17) is 5.73 Å². The van der Waals surface area contributed by atoms with Crippen molar-refractivity contribution in [2.75, 3.05) is 24.4 Å². The predicted molar refractivity (Wildman–Crippen MR) is 71.2 cm³/mol. The maximum atomic E-state index is 12.1. The van der Waals surface area contributed by atoms with Gasteiger partial charge < -0.3 is 5.73 Å². The Hall–Kier alpha value is -0.180. The van der Waals surface area contributed by atoms with Crippen LogP contribution in [0, 0.1) is 5.92 Å². The van der Waals surface area contributed by atoms with Crippen molar-refractivity contribution in [1.29, 1.82) is 0 Å². The molecule has 1 rings (SSSR count). The molecule has 1 aliphatic rings. The zero-order chi connectivity index (χ0) is 14.0. The molecule has 18 heavy (non-hydrogen) atoms. The Bertz CT molecular complexity index is 472. The first-order valence-corrected chi connectivity index (χ1v) is 9.74. The van der Waals surface area contributed by atoms with Crippen molar-refractivity contribution in [2.24, 2.45) is 11.7 Å². The third-order valence-corrected chi connectivity index (χ3v) is 7.44. The molecule has 0 saturated carbocycles. The number of sulfonamides is 1. The molecule has 6 nitrogen and oxygen atoms in total. The molecule has 0 aromatic rings. The van der Waals surface area contributed by atoms with Gasteiger partial charge in [0.1, 0.15) is 0 Å². The fraction of sp³-hybridized carbons (Fsp3) is 1.00. The summed E-state index contributed by atoms with van der Waals surface area (Å²) in [5, 5.41) is -0.826. The predicted octanol–water partition coefficient (Wildman–Crippen LogP) is -0.232. The quantitative estimate of drug-likeness (QED) is 0.756. The molecule has 2 N–H and O–H groups in total. The van der Waals surface area contributed by atoms with E-state index in [2.05, 4.69) is 6.92 Å². The number of nitrogens with zero attached hydrogens (tertiary/aromatic N) is 1. The summed E-state index contributed by atoms with van der Waals surface area (Å²) in [6.45, 7) is 2.68. The lowest BCUT2D eigenvalue weighted by atomic mass is 9.90. The molecule has 1 fully saturated rings. The van der Waals surface area contributed by atoms with Gasteiger partial charge in [-0.1, -0.05) is 13.3 Å². The van der Waals surface area contributed by atoms with Gasteiger partial charge in [0.2, 0.25) is 10.0 Å². The largest absolute Gasteiger partial charge is 0.329 e. The second-order valence-corrected chi connectivity index (χ2v) is 9.38. The summed E-state index contributed by atoms with van der Waals surface area (Å²) in [7, 11) is -7.32. The fourth-order valence-electron chi connectivity index (χ4n) is 2.40. The summed E-state index contributed by atoms with van der Waals surface area (Å²) in [4.78, 5) is 0. The van der Waals surface area contributed by atoms with E-state index in [1.165, 1.54) is 4.31 Å². The minimum Gasteiger partial charge on any atom is -0.329 e. The third kappa shape index (κ3) is 4.18. The highest BCUT2D eigenvalue weighted by molar-refractivity contribution is 8.06. The molecular formula is C10H22N2O4S2. The Labute approximate surface area is 110 Å². The molecule has 0 aromatic carbocycles. The summed E-state index contributed by atoms with van der Waals surface area (Å²) in [6, 6.07) is -0.268. The van der Waals surface area contributed by atoms with Crippen LogP contribution in [-0.4, -0.2) is 51.6 Å². The third-order valence-electron chi connectivity index (χ3n) is 3.34. The first-order valence-electron chi connectivity index (χ1n) is 6.07. The van der Waals surface area contributed by atoms with E-state index in [9.17, 15) is 16.8 Å². The first kappa shape index (κ1) is 15.9. The van der Waals surface area contributed by atoms with E-state index in [1.807, 2.05) is 0 Å². The summed E-state index contributed by atoms with van der Waals surface area (Å²) < 4.78 is 47.7. The summed E-state index contributed by atoms with van der Waals surface area (Å²) in [5.41, 5.74) is 5.62. The first-order chi connectivity index (χ1) is 8.19. The van der Waals surface area contributed by atoms with Crippen molar-refractivity contribution in [1.82, 2.24) is 4.31 Å². The zero-order valence-electron chi connectivity index (χ0n) is 10.9. The molecule has 1 saturated heterocycles. The second-order valence-electron chi connectivity index (χ2n) is 4.95. The second kappa shape index (κ2) is 5.85. The van der Waals surface area contributed by atoms with Crippen LogP contribution in [0.4, 0.5) is 0 Å². The molecule has 2 atom stereocenters. The molecule has 0 spiro atoms. The van der Waals surface area contributed by atoms with Crippen LogP contribution in [0.2, 0.25) is 0 Å². The standard InChI is InChI=1S/C10H22N2O4S2/c1-3-9-4-5-12(10(6-9)7-11)18(15,16)8-17(2,13)14/h9-10H,3-8,11H2,1-2H3. The number of hydrogen-bond acceptors (Lipinski definition) is 5. The lowest BCUT2D eigenvalue weighted by Crippen LogP contribution is -2.50. The summed E-state index contributed by atoms with van der Waals surface area (Å²) in [5.74, 6) is 0.475. The maximum Gasteiger partial charge on any atom is 0.228 e. The summed E-state index contributed by atoms with van der Waals surface area (Å²) >= 11 is 0. The Kier molecular flexibility index (Phi) is 5.16. The van der Waals surface area contributed by atoms with Crippen molar-refractivity contribution in [3.8, 4) is 0 Å². The van der Waals surface area contributed by atoms with Gasteiger partial charge in [-0.15, -0.1) is 0 Å². The molecule has 8 heteroatoms. The highest BCUT2D eigenvalue weighted by atomic mass is 32.3. The topological polar surface area (TPSA) is 97.5 Å². The van der Waals surface area contributed by atoms with E-state index in [1.54, 1.807) is 0 Å². The van der Waals surface area contributed by atoms with Gasteiger partial charge in [-0.2, -0.15) is 4.31 Å².